The molecule has 6 nitrogen and oxygen atoms in total. The highest BCUT2D eigenvalue weighted by molar-refractivity contribution is 5.83. The SMILES string of the molecule is CCC(C)Nc1nc(NC)nc2nc[nH]c12. The molecule has 2 rings (SSSR count). The zero-order chi connectivity index (χ0) is 11.5. The predicted octanol–water partition coefficient (Wildman–Crippen LogP) is 1.60. The number of nitrogens with one attached hydrogen (secondary N) is 3. The molecule has 3 N–H and O–H groups in total. The Morgan fingerprint density at radius 2 is 2.25 bits per heavy atom. The molecule has 16 heavy (non-hydrogen) atoms. The number of nitrogens with zero attached hydrogens (tertiary/aromatic N) is 3. The van der Waals surface area contributed by atoms with Crippen molar-refractivity contribution in [2.24, 2.45) is 0 Å². The van der Waals surface area contributed by atoms with E-state index in [1.165, 1.54) is 0 Å². The van der Waals surface area contributed by atoms with Gasteiger partial charge in [0.2, 0.25) is 5.95 Å². The maximum Gasteiger partial charge on any atom is 0.226 e. The van der Waals surface area contributed by atoms with Crippen LogP contribution in [0.3, 0.4) is 0 Å². The van der Waals surface area contributed by atoms with Crippen molar-refractivity contribution in [1.29, 1.82) is 0 Å². The quantitative estimate of drug-likeness (QED) is 0.729. The van der Waals surface area contributed by atoms with Crippen LogP contribution in [-0.2, 0) is 0 Å². The minimum absolute atomic E-state index is 0.367. The molecular formula is C10H16N6. The van der Waals surface area contributed by atoms with Gasteiger partial charge in [-0.2, -0.15) is 9.97 Å². The smallest absolute Gasteiger partial charge is 0.226 e. The van der Waals surface area contributed by atoms with Gasteiger partial charge in [-0.05, 0) is 13.3 Å². The van der Waals surface area contributed by atoms with Crippen LogP contribution in [0.15, 0.2) is 6.33 Å². The Morgan fingerprint density at radius 3 is 2.94 bits per heavy atom. The molecule has 2 aromatic heterocycles. The number of hydrogen-bond donors (Lipinski definition) is 3. The van der Waals surface area contributed by atoms with E-state index in [9.17, 15) is 0 Å². The van der Waals surface area contributed by atoms with Gasteiger partial charge in [0.1, 0.15) is 5.52 Å². The molecule has 1 atom stereocenters. The van der Waals surface area contributed by atoms with E-state index in [0.29, 0.717) is 17.6 Å². The maximum atomic E-state index is 4.37. The molecule has 0 aliphatic carbocycles. The lowest BCUT2D eigenvalue weighted by atomic mass is 10.2. The first-order valence-corrected chi connectivity index (χ1v) is 5.40. The Balaban J connectivity index is 2.44. The second kappa shape index (κ2) is 4.34. The molecule has 1 unspecified atom stereocenters. The van der Waals surface area contributed by atoms with Gasteiger partial charge in [-0.25, -0.2) is 4.98 Å². The van der Waals surface area contributed by atoms with Crippen molar-refractivity contribution in [1.82, 2.24) is 19.9 Å². The van der Waals surface area contributed by atoms with Crippen molar-refractivity contribution >= 4 is 22.9 Å². The van der Waals surface area contributed by atoms with Gasteiger partial charge >= 0.3 is 0 Å². The molecule has 0 saturated heterocycles. The fourth-order valence-electron chi connectivity index (χ4n) is 1.38. The zero-order valence-electron chi connectivity index (χ0n) is 9.70. The second-order valence-electron chi connectivity index (χ2n) is 3.70. The van der Waals surface area contributed by atoms with Gasteiger partial charge in [0.25, 0.3) is 0 Å². The lowest BCUT2D eigenvalue weighted by Gasteiger charge is -2.13. The molecule has 0 spiro atoms. The number of hydrogen-bond acceptors (Lipinski definition) is 5. The molecule has 0 fully saturated rings. The van der Waals surface area contributed by atoms with Crippen LogP contribution in [0.2, 0.25) is 0 Å². The summed E-state index contributed by atoms with van der Waals surface area (Å²) in [5, 5.41) is 6.26. The fraction of sp³-hybridized carbons (Fsp3) is 0.500. The van der Waals surface area contributed by atoms with Gasteiger partial charge in [-0.3, -0.25) is 0 Å². The lowest BCUT2D eigenvalue weighted by molar-refractivity contribution is 0.760. The van der Waals surface area contributed by atoms with E-state index in [1.807, 2.05) is 0 Å². The normalized spacial score (nSPS) is 12.7. The van der Waals surface area contributed by atoms with E-state index >= 15 is 0 Å². The molecule has 0 bridgehead atoms. The Bertz CT molecular complexity index is 477. The summed E-state index contributed by atoms with van der Waals surface area (Å²) in [7, 11) is 1.79. The second-order valence-corrected chi connectivity index (χ2v) is 3.70. The van der Waals surface area contributed by atoms with Crippen LogP contribution in [0.1, 0.15) is 20.3 Å². The molecule has 86 valence electrons. The molecule has 0 aliphatic rings. The van der Waals surface area contributed by atoms with Crippen LogP contribution in [-0.4, -0.2) is 33.0 Å². The molecule has 6 heteroatoms. The third-order valence-corrected chi connectivity index (χ3v) is 2.50. The van der Waals surface area contributed by atoms with E-state index in [1.54, 1.807) is 13.4 Å². The van der Waals surface area contributed by atoms with Crippen molar-refractivity contribution in [3.05, 3.63) is 6.33 Å². The largest absolute Gasteiger partial charge is 0.366 e. The summed E-state index contributed by atoms with van der Waals surface area (Å²) in [6.45, 7) is 4.24. The van der Waals surface area contributed by atoms with E-state index in [4.69, 9.17) is 0 Å². The number of rotatable bonds is 4. The van der Waals surface area contributed by atoms with E-state index < -0.39 is 0 Å². The lowest BCUT2D eigenvalue weighted by Crippen LogP contribution is -2.15. The first-order chi connectivity index (χ1) is 7.74. The summed E-state index contributed by atoms with van der Waals surface area (Å²) in [4.78, 5) is 15.8. The highest BCUT2D eigenvalue weighted by atomic mass is 15.2. The Labute approximate surface area is 93.9 Å². The number of imidazole rings is 1. The van der Waals surface area contributed by atoms with Crippen LogP contribution in [0.25, 0.3) is 11.2 Å². The van der Waals surface area contributed by atoms with E-state index in [0.717, 1.165) is 17.8 Å². The van der Waals surface area contributed by atoms with Crippen molar-refractivity contribution < 1.29 is 0 Å². The third-order valence-electron chi connectivity index (χ3n) is 2.50. The Hall–Kier alpha value is -1.85. The molecule has 0 amide bonds. The minimum Gasteiger partial charge on any atom is -0.366 e. The summed E-state index contributed by atoms with van der Waals surface area (Å²) < 4.78 is 0. The van der Waals surface area contributed by atoms with Crippen LogP contribution in [0, 0.1) is 0 Å². The molecular weight excluding hydrogens is 204 g/mol. The Kier molecular flexibility index (Phi) is 2.89. The first-order valence-electron chi connectivity index (χ1n) is 5.40. The highest BCUT2D eigenvalue weighted by Gasteiger charge is 2.10. The summed E-state index contributed by atoms with van der Waals surface area (Å²) in [6.07, 6.45) is 2.66. The molecule has 2 heterocycles. The van der Waals surface area contributed by atoms with Crippen LogP contribution in [0.5, 0.6) is 0 Å². The van der Waals surface area contributed by atoms with E-state index in [2.05, 4.69) is 44.4 Å². The first kappa shape index (κ1) is 10.7. The van der Waals surface area contributed by atoms with Crippen LogP contribution in [0.4, 0.5) is 11.8 Å². The zero-order valence-corrected chi connectivity index (χ0v) is 9.70. The topological polar surface area (TPSA) is 78.5 Å². The van der Waals surface area contributed by atoms with Gasteiger partial charge < -0.3 is 15.6 Å². The monoisotopic (exact) mass is 220 g/mol. The van der Waals surface area contributed by atoms with Crippen molar-refractivity contribution in [3.8, 4) is 0 Å². The van der Waals surface area contributed by atoms with Crippen LogP contribution < -0.4 is 10.6 Å². The standard InChI is InChI=1S/C10H16N6/c1-4-6(2)14-9-7-8(13-5-12-7)15-10(11-3)16-9/h5-6H,4H2,1-3H3,(H3,11,12,13,14,15,16). The number of aromatic nitrogens is 4. The third kappa shape index (κ3) is 1.91. The molecule has 0 aliphatic heterocycles. The van der Waals surface area contributed by atoms with E-state index in [-0.39, 0.29) is 0 Å². The minimum atomic E-state index is 0.367. The molecule has 2 aromatic rings. The fourth-order valence-corrected chi connectivity index (χ4v) is 1.38. The average molecular weight is 220 g/mol. The van der Waals surface area contributed by atoms with Gasteiger partial charge in [-0.15, -0.1) is 0 Å². The summed E-state index contributed by atoms with van der Waals surface area (Å²) in [5.74, 6) is 1.37. The Morgan fingerprint density at radius 1 is 1.44 bits per heavy atom. The number of fused-ring (bicyclic) bond motifs is 1. The number of H-pyrrole nitrogens is 1. The van der Waals surface area contributed by atoms with Gasteiger partial charge in [0.05, 0.1) is 6.33 Å². The van der Waals surface area contributed by atoms with Crippen LogP contribution >= 0.6 is 0 Å². The van der Waals surface area contributed by atoms with Gasteiger partial charge in [0, 0.05) is 13.1 Å². The molecule has 0 aromatic carbocycles. The molecule has 0 saturated carbocycles. The summed E-state index contributed by atoms with van der Waals surface area (Å²) in [5.41, 5.74) is 1.52. The van der Waals surface area contributed by atoms with Gasteiger partial charge in [-0.1, -0.05) is 6.92 Å². The highest BCUT2D eigenvalue weighted by Crippen LogP contribution is 2.19. The number of anilines is 2. The predicted molar refractivity (Wildman–Crippen MR) is 64.6 cm³/mol. The molecule has 0 radical (unpaired) electrons. The van der Waals surface area contributed by atoms with Gasteiger partial charge in [0.15, 0.2) is 11.5 Å². The van der Waals surface area contributed by atoms with Crippen molar-refractivity contribution in [2.75, 3.05) is 17.7 Å². The summed E-state index contributed by atoms with van der Waals surface area (Å²) >= 11 is 0. The average Bonchev–Trinajstić information content (AvgIpc) is 2.76. The number of aromatic amines is 1. The summed E-state index contributed by atoms with van der Waals surface area (Å²) in [6, 6.07) is 0.367. The van der Waals surface area contributed by atoms with Crippen molar-refractivity contribution in [2.45, 2.75) is 26.3 Å². The maximum absolute atomic E-state index is 4.37. The van der Waals surface area contributed by atoms with Crippen molar-refractivity contribution in [3.63, 3.8) is 0 Å².